The fourth-order valence-corrected chi connectivity index (χ4v) is 3.06. The van der Waals surface area contributed by atoms with Crippen molar-refractivity contribution in [3.63, 3.8) is 0 Å². The minimum Gasteiger partial charge on any atom is -0.385 e. The molecule has 0 aliphatic carbocycles. The number of pyridine rings is 2. The van der Waals surface area contributed by atoms with Crippen molar-refractivity contribution in [2.45, 2.75) is 31.8 Å². The van der Waals surface area contributed by atoms with Crippen molar-refractivity contribution in [2.24, 2.45) is 0 Å². The van der Waals surface area contributed by atoms with Gasteiger partial charge in [-0.15, -0.1) is 0 Å². The Morgan fingerprint density at radius 3 is 2.73 bits per heavy atom. The summed E-state index contributed by atoms with van der Waals surface area (Å²) >= 11 is 6.04. The largest absolute Gasteiger partial charge is 0.385 e. The quantitative estimate of drug-likeness (QED) is 0.881. The van der Waals surface area contributed by atoms with Crippen molar-refractivity contribution in [1.82, 2.24) is 9.97 Å². The lowest BCUT2D eigenvalue weighted by Crippen LogP contribution is -2.62. The monoisotopic (exact) mass is 316 g/mol. The van der Waals surface area contributed by atoms with Gasteiger partial charge < -0.3 is 10.0 Å². The summed E-state index contributed by atoms with van der Waals surface area (Å²) < 4.78 is 0. The van der Waals surface area contributed by atoms with Crippen molar-refractivity contribution in [3.05, 3.63) is 29.2 Å². The molecule has 0 spiro atoms. The topological polar surface area (TPSA) is 73.0 Å². The first-order valence-corrected chi connectivity index (χ1v) is 7.60. The number of aliphatic hydroxyl groups is 1. The van der Waals surface area contributed by atoms with Crippen molar-refractivity contribution in [2.75, 3.05) is 18.0 Å². The Morgan fingerprint density at radius 1 is 1.36 bits per heavy atom. The molecule has 6 heteroatoms. The second kappa shape index (κ2) is 5.38. The lowest BCUT2D eigenvalue weighted by Gasteiger charge is -2.46. The molecule has 1 saturated heterocycles. The van der Waals surface area contributed by atoms with Crippen LogP contribution in [0.5, 0.6) is 0 Å². The van der Waals surface area contributed by atoms with Crippen LogP contribution in [0.15, 0.2) is 18.5 Å². The smallest absolute Gasteiger partial charge is 0.138 e. The van der Waals surface area contributed by atoms with Gasteiger partial charge in [0, 0.05) is 17.8 Å². The molecule has 0 aromatic carbocycles. The van der Waals surface area contributed by atoms with Crippen molar-refractivity contribution in [1.29, 1.82) is 5.26 Å². The van der Waals surface area contributed by atoms with E-state index in [0.717, 1.165) is 22.2 Å². The fourth-order valence-electron chi connectivity index (χ4n) is 2.90. The molecule has 1 fully saturated rings. The molecule has 114 valence electrons. The van der Waals surface area contributed by atoms with E-state index in [0.29, 0.717) is 24.2 Å². The number of nitriles is 1. The maximum Gasteiger partial charge on any atom is 0.138 e. The highest BCUT2D eigenvalue weighted by Crippen LogP contribution is 2.36. The third-order valence-corrected chi connectivity index (χ3v) is 4.26. The molecule has 0 bridgehead atoms. The molecule has 1 N–H and O–H groups in total. The summed E-state index contributed by atoms with van der Waals surface area (Å²) in [5.74, 6) is 1.11. The molecule has 2 aromatic rings. The Morgan fingerprint density at radius 2 is 2.09 bits per heavy atom. The second-order valence-corrected chi connectivity index (χ2v) is 6.55. The summed E-state index contributed by atoms with van der Waals surface area (Å²) in [7, 11) is 0. The van der Waals surface area contributed by atoms with Crippen LogP contribution < -0.4 is 4.90 Å². The third-order valence-electron chi connectivity index (χ3n) is 4.05. The number of hydrogen-bond acceptors (Lipinski definition) is 5. The number of rotatable bonds is 3. The lowest BCUT2D eigenvalue weighted by molar-refractivity contribution is 0.0164. The molecule has 2 aromatic heterocycles. The molecule has 1 aliphatic rings. The number of hydrogen-bond donors (Lipinski definition) is 1. The van der Waals surface area contributed by atoms with Gasteiger partial charge in [-0.3, -0.25) is 0 Å². The summed E-state index contributed by atoms with van der Waals surface area (Å²) in [4.78, 5) is 10.7. The molecule has 1 aliphatic heterocycles. The van der Waals surface area contributed by atoms with Crippen molar-refractivity contribution in [3.8, 4) is 6.07 Å². The lowest BCUT2D eigenvalue weighted by atomic mass is 9.90. The van der Waals surface area contributed by atoms with Crippen LogP contribution in [-0.2, 0) is 0 Å². The summed E-state index contributed by atoms with van der Waals surface area (Å²) in [6.45, 7) is 5.04. The van der Waals surface area contributed by atoms with Crippen LogP contribution in [0.1, 0.15) is 31.7 Å². The van der Waals surface area contributed by atoms with E-state index in [-0.39, 0.29) is 6.42 Å². The standard InChI is InChI=1S/C16H17ClN4O/c1-10(2)12-6-20-15(13-7-19-14(17)5-11(12)13)21-8-16(22,9-21)3-4-18/h5-7,10,22H,3,8-9H2,1-2H3. The summed E-state index contributed by atoms with van der Waals surface area (Å²) in [5, 5.41) is 21.3. The van der Waals surface area contributed by atoms with Crippen LogP contribution in [0.25, 0.3) is 10.8 Å². The van der Waals surface area contributed by atoms with Crippen LogP contribution in [-0.4, -0.2) is 33.8 Å². The van der Waals surface area contributed by atoms with E-state index in [9.17, 15) is 5.11 Å². The first-order valence-electron chi connectivity index (χ1n) is 7.22. The SMILES string of the molecule is CC(C)c1cnc(N2CC(O)(CC#N)C2)c2cnc(Cl)cc12. The normalized spacial score (nSPS) is 16.6. The average molecular weight is 317 g/mol. The van der Waals surface area contributed by atoms with Crippen LogP contribution in [0.2, 0.25) is 5.15 Å². The van der Waals surface area contributed by atoms with Crippen LogP contribution in [0.4, 0.5) is 5.82 Å². The van der Waals surface area contributed by atoms with Gasteiger partial charge in [-0.25, -0.2) is 9.97 Å². The van der Waals surface area contributed by atoms with E-state index < -0.39 is 5.60 Å². The molecule has 0 radical (unpaired) electrons. The zero-order chi connectivity index (χ0) is 15.9. The van der Waals surface area contributed by atoms with Crippen molar-refractivity contribution < 1.29 is 5.11 Å². The summed E-state index contributed by atoms with van der Waals surface area (Å²) in [5.41, 5.74) is 0.190. The molecule has 0 unspecified atom stereocenters. The zero-order valence-electron chi connectivity index (χ0n) is 12.5. The van der Waals surface area contributed by atoms with E-state index in [1.165, 1.54) is 0 Å². The molecule has 0 amide bonds. The molecule has 3 heterocycles. The van der Waals surface area contributed by atoms with Crippen LogP contribution in [0, 0.1) is 11.3 Å². The van der Waals surface area contributed by atoms with Gasteiger partial charge in [0.15, 0.2) is 0 Å². The molecule has 0 atom stereocenters. The van der Waals surface area contributed by atoms with E-state index >= 15 is 0 Å². The Kier molecular flexibility index (Phi) is 3.67. The maximum atomic E-state index is 10.2. The van der Waals surface area contributed by atoms with Crippen molar-refractivity contribution >= 4 is 28.2 Å². The highest BCUT2D eigenvalue weighted by Gasteiger charge is 2.42. The Labute approximate surface area is 134 Å². The number of aromatic nitrogens is 2. The predicted octanol–water partition coefficient (Wildman–Crippen LogP) is 2.87. The van der Waals surface area contributed by atoms with Gasteiger partial charge in [-0.1, -0.05) is 25.4 Å². The molecule has 3 rings (SSSR count). The number of halogens is 1. The fraction of sp³-hybridized carbons (Fsp3) is 0.438. The molecule has 0 saturated carbocycles. The van der Waals surface area contributed by atoms with Crippen LogP contribution >= 0.6 is 11.6 Å². The molecular weight excluding hydrogens is 300 g/mol. The highest BCUT2D eigenvalue weighted by atomic mass is 35.5. The molecular formula is C16H17ClN4O. The zero-order valence-corrected chi connectivity index (χ0v) is 13.3. The van der Waals surface area contributed by atoms with Gasteiger partial charge in [0.25, 0.3) is 0 Å². The minimum absolute atomic E-state index is 0.135. The molecule has 22 heavy (non-hydrogen) atoms. The maximum absolute atomic E-state index is 10.2. The Balaban J connectivity index is 2.03. The van der Waals surface area contributed by atoms with Gasteiger partial charge in [-0.05, 0) is 22.9 Å². The first-order chi connectivity index (χ1) is 10.4. The third kappa shape index (κ3) is 2.49. The number of fused-ring (bicyclic) bond motifs is 1. The van der Waals surface area contributed by atoms with E-state index in [1.807, 2.05) is 23.2 Å². The summed E-state index contributed by atoms with van der Waals surface area (Å²) in [6, 6.07) is 3.88. The minimum atomic E-state index is -0.931. The number of anilines is 1. The highest BCUT2D eigenvalue weighted by molar-refractivity contribution is 6.30. The number of nitrogens with zero attached hydrogens (tertiary/aromatic N) is 4. The van der Waals surface area contributed by atoms with Gasteiger partial charge in [0.05, 0.1) is 25.6 Å². The van der Waals surface area contributed by atoms with Gasteiger partial charge >= 0.3 is 0 Å². The Hall–Kier alpha value is -1.90. The van der Waals surface area contributed by atoms with Gasteiger partial charge in [0.2, 0.25) is 0 Å². The average Bonchev–Trinajstić information content (AvgIpc) is 2.43. The van der Waals surface area contributed by atoms with E-state index in [4.69, 9.17) is 16.9 Å². The van der Waals surface area contributed by atoms with Gasteiger partial charge in [-0.2, -0.15) is 5.26 Å². The Bertz CT molecular complexity index is 763. The number of β-amino-alcohol motifs (C(OH)–C–C–N with tert-alkyl or cyclic N) is 1. The molecule has 5 nitrogen and oxygen atoms in total. The second-order valence-electron chi connectivity index (χ2n) is 6.16. The van der Waals surface area contributed by atoms with E-state index in [2.05, 4.69) is 23.8 Å². The summed E-state index contributed by atoms with van der Waals surface area (Å²) in [6.07, 6.45) is 3.73. The first kappa shape index (κ1) is 15.0. The van der Waals surface area contributed by atoms with E-state index in [1.54, 1.807) is 6.20 Å². The van der Waals surface area contributed by atoms with Crippen LogP contribution in [0.3, 0.4) is 0 Å². The van der Waals surface area contributed by atoms with Gasteiger partial charge in [0.1, 0.15) is 16.6 Å². The predicted molar refractivity (Wildman–Crippen MR) is 86.0 cm³/mol.